The van der Waals surface area contributed by atoms with E-state index >= 15 is 0 Å². The predicted molar refractivity (Wildman–Crippen MR) is 66.8 cm³/mol. The van der Waals surface area contributed by atoms with Crippen LogP contribution in [0.4, 0.5) is 0 Å². The van der Waals surface area contributed by atoms with Crippen molar-refractivity contribution in [3.05, 3.63) is 46.4 Å². The Morgan fingerprint density at radius 1 is 1.53 bits per heavy atom. The van der Waals surface area contributed by atoms with Crippen molar-refractivity contribution in [1.82, 2.24) is 10.3 Å². The van der Waals surface area contributed by atoms with E-state index in [-0.39, 0.29) is 12.5 Å². The van der Waals surface area contributed by atoms with Gasteiger partial charge >= 0.3 is 0 Å². The van der Waals surface area contributed by atoms with Gasteiger partial charge in [0.15, 0.2) is 0 Å². The minimum Gasteiger partial charge on any atom is -0.387 e. The molecule has 0 aromatic carbocycles. The average molecular weight is 250 g/mol. The smallest absolute Gasteiger partial charge is 0.226 e. The van der Waals surface area contributed by atoms with E-state index in [1.807, 2.05) is 29.0 Å². The van der Waals surface area contributed by atoms with Crippen LogP contribution in [0, 0.1) is 0 Å². The van der Waals surface area contributed by atoms with Gasteiger partial charge in [0, 0.05) is 18.4 Å². The lowest BCUT2D eigenvalue weighted by Crippen LogP contribution is -2.29. The Kier molecular flexibility index (Phi) is 3.95. The van der Waals surface area contributed by atoms with E-state index in [1.165, 1.54) is 11.3 Å². The number of aromatic nitrogens is 1. The Labute approximate surface area is 103 Å². The molecule has 2 rings (SSSR count). The predicted octanol–water partition coefficient (Wildman–Crippen LogP) is 1.47. The monoisotopic (exact) mass is 250 g/mol. The van der Waals surface area contributed by atoms with Gasteiger partial charge < -0.3 is 15.4 Å². The van der Waals surface area contributed by atoms with Gasteiger partial charge in [-0.3, -0.25) is 4.79 Å². The first kappa shape index (κ1) is 11.9. The Bertz CT molecular complexity index is 451. The number of rotatable bonds is 5. The highest BCUT2D eigenvalue weighted by Gasteiger charge is 2.10. The maximum atomic E-state index is 11.5. The molecule has 4 nitrogen and oxygen atoms in total. The van der Waals surface area contributed by atoms with Gasteiger partial charge in [0.1, 0.15) is 0 Å². The highest BCUT2D eigenvalue weighted by Crippen LogP contribution is 2.14. The van der Waals surface area contributed by atoms with Crippen LogP contribution < -0.4 is 5.32 Å². The van der Waals surface area contributed by atoms with Crippen molar-refractivity contribution in [2.75, 3.05) is 6.54 Å². The fourth-order valence-electron chi connectivity index (χ4n) is 1.51. The molecule has 2 aromatic rings. The van der Waals surface area contributed by atoms with Crippen molar-refractivity contribution in [1.29, 1.82) is 0 Å². The zero-order valence-corrected chi connectivity index (χ0v) is 10.0. The van der Waals surface area contributed by atoms with E-state index in [0.29, 0.717) is 6.42 Å². The third kappa shape index (κ3) is 3.44. The summed E-state index contributed by atoms with van der Waals surface area (Å²) in [5.41, 5.74) is 1.71. The number of hydrogen-bond acceptors (Lipinski definition) is 3. The van der Waals surface area contributed by atoms with Gasteiger partial charge in [-0.05, 0) is 34.5 Å². The van der Waals surface area contributed by atoms with Gasteiger partial charge in [-0.25, -0.2) is 0 Å². The largest absolute Gasteiger partial charge is 0.387 e. The van der Waals surface area contributed by atoms with Crippen LogP contribution in [0.15, 0.2) is 35.2 Å². The third-order valence-electron chi connectivity index (χ3n) is 2.43. The van der Waals surface area contributed by atoms with Gasteiger partial charge in [-0.15, -0.1) is 0 Å². The zero-order chi connectivity index (χ0) is 12.1. The van der Waals surface area contributed by atoms with Gasteiger partial charge in [0.05, 0.1) is 12.5 Å². The number of aromatic amines is 1. The van der Waals surface area contributed by atoms with Crippen LogP contribution in [0.1, 0.15) is 17.4 Å². The summed E-state index contributed by atoms with van der Waals surface area (Å²) < 4.78 is 0. The highest BCUT2D eigenvalue weighted by atomic mass is 32.1. The number of thiophene rings is 1. The molecule has 90 valence electrons. The van der Waals surface area contributed by atoms with E-state index < -0.39 is 6.10 Å². The van der Waals surface area contributed by atoms with E-state index in [9.17, 15) is 9.90 Å². The molecule has 17 heavy (non-hydrogen) atoms. The minimum absolute atomic E-state index is 0.0956. The second-order valence-corrected chi connectivity index (χ2v) is 4.53. The van der Waals surface area contributed by atoms with Crippen molar-refractivity contribution >= 4 is 17.2 Å². The number of carbonyl (C=O) groups is 1. The molecule has 0 fully saturated rings. The number of aliphatic hydroxyl groups excluding tert-OH is 1. The van der Waals surface area contributed by atoms with E-state index in [4.69, 9.17) is 0 Å². The van der Waals surface area contributed by atoms with Crippen LogP contribution in [0.2, 0.25) is 0 Å². The highest BCUT2D eigenvalue weighted by molar-refractivity contribution is 7.07. The molecular formula is C12H14N2O2S. The number of carbonyl (C=O) groups excluding carboxylic acids is 1. The summed E-state index contributed by atoms with van der Waals surface area (Å²) in [4.78, 5) is 14.5. The average Bonchev–Trinajstić information content (AvgIpc) is 2.97. The molecule has 0 saturated heterocycles. The third-order valence-corrected chi connectivity index (χ3v) is 3.14. The summed E-state index contributed by atoms with van der Waals surface area (Å²) in [6.45, 7) is 0.246. The molecule has 1 amide bonds. The SMILES string of the molecule is O=C(Cc1ccc[nH]1)NCC(O)c1ccsc1. The van der Waals surface area contributed by atoms with Crippen molar-refractivity contribution < 1.29 is 9.90 Å². The van der Waals surface area contributed by atoms with Crippen molar-refractivity contribution in [3.63, 3.8) is 0 Å². The molecule has 1 atom stereocenters. The molecule has 5 heteroatoms. The summed E-state index contributed by atoms with van der Waals surface area (Å²) in [7, 11) is 0. The number of amides is 1. The summed E-state index contributed by atoms with van der Waals surface area (Å²) >= 11 is 1.53. The first-order valence-corrected chi connectivity index (χ1v) is 6.29. The van der Waals surface area contributed by atoms with Crippen molar-refractivity contribution in [2.45, 2.75) is 12.5 Å². The fourth-order valence-corrected chi connectivity index (χ4v) is 2.21. The van der Waals surface area contributed by atoms with E-state index in [2.05, 4.69) is 10.3 Å². The summed E-state index contributed by atoms with van der Waals surface area (Å²) in [6.07, 6.45) is 1.46. The quantitative estimate of drug-likeness (QED) is 0.752. The zero-order valence-electron chi connectivity index (χ0n) is 9.22. The molecule has 0 bridgehead atoms. The molecule has 0 aliphatic rings. The van der Waals surface area contributed by atoms with Crippen LogP contribution in [-0.2, 0) is 11.2 Å². The van der Waals surface area contributed by atoms with Gasteiger partial charge in [0.2, 0.25) is 5.91 Å². The number of nitrogens with one attached hydrogen (secondary N) is 2. The standard InChI is InChI=1S/C12H14N2O2S/c15-11(9-3-5-17-8-9)7-14-12(16)6-10-2-1-4-13-10/h1-5,8,11,13,15H,6-7H2,(H,14,16). The van der Waals surface area contributed by atoms with E-state index in [0.717, 1.165) is 11.3 Å². The van der Waals surface area contributed by atoms with Gasteiger partial charge in [-0.1, -0.05) is 0 Å². The molecule has 1 unspecified atom stereocenters. The maximum absolute atomic E-state index is 11.5. The minimum atomic E-state index is -0.631. The lowest BCUT2D eigenvalue weighted by molar-refractivity contribution is -0.120. The molecule has 0 spiro atoms. The number of hydrogen-bond donors (Lipinski definition) is 3. The van der Waals surface area contributed by atoms with Crippen LogP contribution >= 0.6 is 11.3 Å². The van der Waals surface area contributed by atoms with Crippen molar-refractivity contribution in [2.24, 2.45) is 0 Å². The van der Waals surface area contributed by atoms with Crippen LogP contribution in [0.3, 0.4) is 0 Å². The summed E-state index contributed by atoms with van der Waals surface area (Å²) in [6, 6.07) is 5.56. The Morgan fingerprint density at radius 2 is 2.41 bits per heavy atom. The summed E-state index contributed by atoms with van der Waals surface area (Å²) in [5.74, 6) is -0.0956. The molecule has 0 aliphatic heterocycles. The second-order valence-electron chi connectivity index (χ2n) is 3.75. The molecular weight excluding hydrogens is 236 g/mol. The lowest BCUT2D eigenvalue weighted by atomic mass is 10.2. The number of aliphatic hydroxyl groups is 1. The number of H-pyrrole nitrogens is 1. The van der Waals surface area contributed by atoms with Crippen LogP contribution in [0.25, 0.3) is 0 Å². The first-order valence-electron chi connectivity index (χ1n) is 5.35. The Balaban J connectivity index is 1.76. The second kappa shape index (κ2) is 5.65. The van der Waals surface area contributed by atoms with Crippen LogP contribution in [0.5, 0.6) is 0 Å². The fraction of sp³-hybridized carbons (Fsp3) is 0.250. The molecule has 3 N–H and O–H groups in total. The molecule has 0 saturated carbocycles. The molecule has 2 heterocycles. The topological polar surface area (TPSA) is 65.1 Å². The van der Waals surface area contributed by atoms with Crippen LogP contribution in [-0.4, -0.2) is 22.5 Å². The lowest BCUT2D eigenvalue weighted by Gasteiger charge is -2.10. The molecule has 0 radical (unpaired) electrons. The van der Waals surface area contributed by atoms with Gasteiger partial charge in [-0.2, -0.15) is 11.3 Å². The van der Waals surface area contributed by atoms with Crippen molar-refractivity contribution in [3.8, 4) is 0 Å². The maximum Gasteiger partial charge on any atom is 0.226 e. The Hall–Kier alpha value is -1.59. The first-order chi connectivity index (χ1) is 8.25. The Morgan fingerprint density at radius 3 is 3.06 bits per heavy atom. The summed E-state index contributed by atoms with van der Waals surface area (Å²) in [5, 5.41) is 16.3. The molecule has 0 aliphatic carbocycles. The van der Waals surface area contributed by atoms with Gasteiger partial charge in [0.25, 0.3) is 0 Å². The normalized spacial score (nSPS) is 12.3. The van der Waals surface area contributed by atoms with E-state index in [1.54, 1.807) is 6.20 Å². The molecule has 2 aromatic heterocycles.